The van der Waals surface area contributed by atoms with E-state index in [0.717, 1.165) is 58.9 Å². The number of hydrogen-bond donors (Lipinski definition) is 3. The van der Waals surface area contributed by atoms with Gasteiger partial charge in [-0.05, 0) is 48.6 Å². The number of ether oxygens (including phenoxy) is 1. The van der Waals surface area contributed by atoms with E-state index in [4.69, 9.17) is 14.7 Å². The zero-order chi connectivity index (χ0) is 23.1. The van der Waals surface area contributed by atoms with Crippen LogP contribution in [0.3, 0.4) is 0 Å². The van der Waals surface area contributed by atoms with Crippen molar-refractivity contribution in [1.29, 1.82) is 0 Å². The Bertz CT molecular complexity index is 1300. The summed E-state index contributed by atoms with van der Waals surface area (Å²) in [5, 5.41) is 25.4. The molecule has 1 unspecified atom stereocenters. The number of morpholine rings is 1. The Morgan fingerprint density at radius 1 is 1.26 bits per heavy atom. The van der Waals surface area contributed by atoms with Crippen molar-refractivity contribution >= 4 is 16.9 Å². The largest absolute Gasteiger partial charge is 0.395 e. The summed E-state index contributed by atoms with van der Waals surface area (Å²) >= 11 is 0. The van der Waals surface area contributed by atoms with Crippen LogP contribution in [-0.2, 0) is 11.2 Å². The predicted molar refractivity (Wildman–Crippen MR) is 128 cm³/mol. The van der Waals surface area contributed by atoms with Crippen LogP contribution in [0.5, 0.6) is 0 Å². The van der Waals surface area contributed by atoms with E-state index in [1.165, 1.54) is 5.56 Å². The number of H-pyrrole nitrogens is 1. The summed E-state index contributed by atoms with van der Waals surface area (Å²) in [5.41, 5.74) is 5.37. The Morgan fingerprint density at radius 3 is 3.03 bits per heavy atom. The van der Waals surface area contributed by atoms with E-state index < -0.39 is 0 Å². The smallest absolute Gasteiger partial charge is 0.167 e. The van der Waals surface area contributed by atoms with Crippen molar-refractivity contribution < 1.29 is 9.84 Å². The highest BCUT2D eigenvalue weighted by Crippen LogP contribution is 2.40. The number of pyridine rings is 2. The van der Waals surface area contributed by atoms with Crippen molar-refractivity contribution in [2.45, 2.75) is 31.8 Å². The summed E-state index contributed by atoms with van der Waals surface area (Å²) in [7, 11) is 0. The van der Waals surface area contributed by atoms with Crippen LogP contribution in [0, 0.1) is 0 Å². The maximum atomic E-state index is 9.26. The van der Waals surface area contributed by atoms with E-state index in [1.807, 2.05) is 23.1 Å². The van der Waals surface area contributed by atoms with Crippen LogP contribution in [0.15, 0.2) is 36.8 Å². The lowest BCUT2D eigenvalue weighted by Gasteiger charge is -2.34. The summed E-state index contributed by atoms with van der Waals surface area (Å²) in [4.78, 5) is 12.1. The van der Waals surface area contributed by atoms with Gasteiger partial charge in [-0.25, -0.2) is 4.98 Å². The molecule has 0 radical (unpaired) electrons. The lowest BCUT2D eigenvalue weighted by Crippen LogP contribution is -2.44. The normalized spacial score (nSPS) is 20.2. The van der Waals surface area contributed by atoms with Crippen molar-refractivity contribution in [2.24, 2.45) is 0 Å². The molecule has 1 aliphatic heterocycles. The summed E-state index contributed by atoms with van der Waals surface area (Å²) in [6, 6.07) is 6.56. The molecule has 0 aromatic carbocycles. The molecule has 1 saturated heterocycles. The number of aromatic amines is 1. The van der Waals surface area contributed by atoms with Gasteiger partial charge in [0.15, 0.2) is 11.5 Å². The van der Waals surface area contributed by atoms with Crippen LogP contribution in [0.4, 0.5) is 5.82 Å². The topological polar surface area (TPSA) is 117 Å². The van der Waals surface area contributed by atoms with Gasteiger partial charge in [0, 0.05) is 30.7 Å². The first-order chi connectivity index (χ1) is 16.7. The van der Waals surface area contributed by atoms with Gasteiger partial charge in [-0.1, -0.05) is 0 Å². The van der Waals surface area contributed by atoms with E-state index in [-0.39, 0.29) is 18.7 Å². The fraction of sp³-hybridized carbons (Fsp3) is 0.417. The van der Waals surface area contributed by atoms with Crippen LogP contribution >= 0.6 is 0 Å². The molecule has 34 heavy (non-hydrogen) atoms. The number of anilines is 1. The number of aliphatic hydroxyl groups is 1. The Balaban J connectivity index is 1.53. The quantitative estimate of drug-likeness (QED) is 0.400. The minimum atomic E-state index is 0.115. The fourth-order valence-corrected chi connectivity index (χ4v) is 5.15. The van der Waals surface area contributed by atoms with Crippen molar-refractivity contribution in [3.8, 4) is 16.9 Å². The van der Waals surface area contributed by atoms with E-state index in [1.54, 1.807) is 6.20 Å². The third kappa shape index (κ3) is 3.54. The fourth-order valence-electron chi connectivity index (χ4n) is 5.15. The Morgan fingerprint density at radius 2 is 2.21 bits per heavy atom. The highest BCUT2D eigenvalue weighted by Gasteiger charge is 2.28. The molecule has 1 fully saturated rings. The lowest BCUT2D eigenvalue weighted by molar-refractivity contribution is 0.0985. The minimum absolute atomic E-state index is 0.115. The molecule has 4 aromatic rings. The number of aliphatic hydroxyl groups excluding tert-OH is 1. The van der Waals surface area contributed by atoms with Crippen LogP contribution in [0.25, 0.3) is 28.0 Å². The maximum absolute atomic E-state index is 9.26. The molecule has 0 bridgehead atoms. The third-order valence-electron chi connectivity index (χ3n) is 6.80. The molecule has 3 N–H and O–H groups in total. The molecule has 2 aliphatic rings. The summed E-state index contributed by atoms with van der Waals surface area (Å²) in [6.45, 7) is 4.99. The van der Waals surface area contributed by atoms with Crippen LogP contribution in [0.2, 0.25) is 0 Å². The number of hydrogen-bond acceptors (Lipinski definition) is 8. The van der Waals surface area contributed by atoms with Crippen LogP contribution < -0.4 is 10.2 Å². The molecule has 1 aliphatic carbocycles. The van der Waals surface area contributed by atoms with Gasteiger partial charge in [0.05, 0.1) is 50.0 Å². The molecule has 0 saturated carbocycles. The van der Waals surface area contributed by atoms with E-state index in [2.05, 4.69) is 44.6 Å². The first kappa shape index (κ1) is 21.2. The second-order valence-electron chi connectivity index (χ2n) is 8.87. The second kappa shape index (κ2) is 8.79. The number of nitrogens with zero attached hydrogens (tertiary/aromatic N) is 6. The predicted octanol–water partition coefficient (Wildman–Crippen LogP) is 2.00. The molecular formula is C24H28N8O2. The molecular weight excluding hydrogens is 432 g/mol. The van der Waals surface area contributed by atoms with Gasteiger partial charge in [-0.15, -0.1) is 0 Å². The lowest BCUT2D eigenvalue weighted by atomic mass is 9.98. The maximum Gasteiger partial charge on any atom is 0.167 e. The Kier molecular flexibility index (Phi) is 5.48. The summed E-state index contributed by atoms with van der Waals surface area (Å²) in [5.74, 6) is 1.69. The van der Waals surface area contributed by atoms with Crippen molar-refractivity contribution in [3.63, 3.8) is 0 Å². The first-order valence-electron chi connectivity index (χ1n) is 11.8. The standard InChI is InChI=1S/C24H28N8O2/c1-15-14-34-11-9-31(15)22-12-18(19-13-28-32(24(19)29-22)21-5-7-27-30-21)16-4-6-26-23-17(16)2-3-20(23)25-8-10-33/h4-7,12-13,15,20,25,33H,2-3,8-11,14H2,1H3,(H,27,30)/t15-,20?/m1/s1. The van der Waals surface area contributed by atoms with Crippen LogP contribution in [-0.4, -0.2) is 74.0 Å². The molecule has 0 spiro atoms. The van der Waals surface area contributed by atoms with Crippen molar-refractivity contribution in [3.05, 3.63) is 48.0 Å². The van der Waals surface area contributed by atoms with Gasteiger partial charge in [0.2, 0.25) is 0 Å². The van der Waals surface area contributed by atoms with Gasteiger partial charge in [0.25, 0.3) is 0 Å². The molecule has 6 rings (SSSR count). The Labute approximate surface area is 197 Å². The highest BCUT2D eigenvalue weighted by atomic mass is 16.5. The first-order valence-corrected chi connectivity index (χ1v) is 11.8. The molecule has 0 amide bonds. The SMILES string of the molecule is C[C@@H]1COCCN1c1cc(-c2ccnc3c2CCC3NCCO)c2cnn(-c3ccn[nH]3)c2n1. The van der Waals surface area contributed by atoms with Crippen molar-refractivity contribution in [2.75, 3.05) is 37.8 Å². The highest BCUT2D eigenvalue weighted by molar-refractivity contribution is 5.96. The van der Waals surface area contributed by atoms with E-state index in [9.17, 15) is 5.11 Å². The zero-order valence-electron chi connectivity index (χ0n) is 19.1. The number of rotatable bonds is 6. The summed E-state index contributed by atoms with van der Waals surface area (Å²) < 4.78 is 7.49. The molecule has 2 atom stereocenters. The number of fused-ring (bicyclic) bond motifs is 2. The monoisotopic (exact) mass is 460 g/mol. The molecule has 10 heteroatoms. The molecule has 4 aromatic heterocycles. The molecule has 5 heterocycles. The van der Waals surface area contributed by atoms with E-state index in [0.29, 0.717) is 19.8 Å². The number of aromatic nitrogens is 6. The molecule has 176 valence electrons. The van der Waals surface area contributed by atoms with Gasteiger partial charge >= 0.3 is 0 Å². The van der Waals surface area contributed by atoms with Gasteiger partial charge in [0.1, 0.15) is 5.82 Å². The average Bonchev–Trinajstić information content (AvgIpc) is 3.61. The average molecular weight is 461 g/mol. The Hall–Kier alpha value is -3.34. The second-order valence-corrected chi connectivity index (χ2v) is 8.87. The van der Waals surface area contributed by atoms with Gasteiger partial charge in [-0.3, -0.25) is 10.1 Å². The minimum Gasteiger partial charge on any atom is -0.395 e. The van der Waals surface area contributed by atoms with Gasteiger partial charge in [-0.2, -0.15) is 14.9 Å². The molecule has 10 nitrogen and oxygen atoms in total. The number of nitrogens with one attached hydrogen (secondary N) is 2. The summed E-state index contributed by atoms with van der Waals surface area (Å²) in [6.07, 6.45) is 7.38. The van der Waals surface area contributed by atoms with Crippen LogP contribution in [0.1, 0.15) is 30.6 Å². The van der Waals surface area contributed by atoms with E-state index >= 15 is 0 Å². The third-order valence-corrected chi connectivity index (χ3v) is 6.80. The van der Waals surface area contributed by atoms with Crippen molar-refractivity contribution in [1.82, 2.24) is 35.3 Å². The zero-order valence-corrected chi connectivity index (χ0v) is 19.1. The van der Waals surface area contributed by atoms with Gasteiger partial charge < -0.3 is 20.1 Å².